The van der Waals surface area contributed by atoms with Gasteiger partial charge in [0.1, 0.15) is 0 Å². The lowest BCUT2D eigenvalue weighted by molar-refractivity contribution is 0.0889. The molecule has 4 nitrogen and oxygen atoms in total. The van der Waals surface area contributed by atoms with Crippen molar-refractivity contribution < 1.29 is 27.2 Å². The van der Waals surface area contributed by atoms with E-state index in [0.717, 1.165) is 6.07 Å². The molecule has 1 aromatic carbocycles. The normalized spacial score (nSPS) is 10.3. The van der Waals surface area contributed by atoms with E-state index in [2.05, 4.69) is 5.32 Å². The second-order valence-corrected chi connectivity index (χ2v) is 3.81. The molecule has 0 atom stereocenters. The van der Waals surface area contributed by atoms with Crippen LogP contribution in [0.3, 0.4) is 0 Å². The lowest BCUT2D eigenvalue weighted by Crippen LogP contribution is -2.30. The molecule has 104 valence electrons. The van der Waals surface area contributed by atoms with Gasteiger partial charge in [-0.15, -0.1) is 0 Å². The molecule has 2 aromatic rings. The van der Waals surface area contributed by atoms with Crippen molar-refractivity contribution in [3.63, 3.8) is 0 Å². The Balaban J connectivity index is 2.06. The fraction of sp³-hybridized carbons (Fsp3) is 0.0769. The molecule has 0 saturated heterocycles. The smallest absolute Gasteiger partial charge is 0.254 e. The van der Waals surface area contributed by atoms with E-state index in [9.17, 15) is 22.8 Å². The highest BCUT2D eigenvalue weighted by atomic mass is 19.2. The molecule has 20 heavy (non-hydrogen) atoms. The molecule has 0 radical (unpaired) electrons. The van der Waals surface area contributed by atoms with E-state index in [-0.39, 0.29) is 5.76 Å². The molecule has 2 rings (SSSR count). The van der Waals surface area contributed by atoms with Crippen LogP contribution >= 0.6 is 0 Å². The Kier molecular flexibility index (Phi) is 3.88. The molecule has 0 unspecified atom stereocenters. The molecule has 1 amide bonds. The highest BCUT2D eigenvalue weighted by Crippen LogP contribution is 2.15. The molecule has 0 aliphatic rings. The van der Waals surface area contributed by atoms with Crippen molar-refractivity contribution in [2.45, 2.75) is 0 Å². The Labute approximate surface area is 111 Å². The predicted molar refractivity (Wildman–Crippen MR) is 61.7 cm³/mol. The Morgan fingerprint density at radius 3 is 2.50 bits per heavy atom. The predicted octanol–water partition coefficient (Wildman–Crippen LogP) is 2.31. The Morgan fingerprint density at radius 1 is 1.10 bits per heavy atom. The Bertz CT molecular complexity index is 653. The topological polar surface area (TPSA) is 59.3 Å². The largest absolute Gasteiger partial charge is 0.461 e. The third-order valence-corrected chi connectivity index (χ3v) is 2.49. The van der Waals surface area contributed by atoms with E-state index in [1.165, 1.54) is 18.4 Å². The average Bonchev–Trinajstić information content (AvgIpc) is 2.96. The number of Topliss-reactive ketones (excluding diaryl/α,β-unsaturated/α-hetero) is 1. The van der Waals surface area contributed by atoms with Crippen LogP contribution in [-0.4, -0.2) is 18.2 Å². The van der Waals surface area contributed by atoms with E-state index in [1.54, 1.807) is 0 Å². The van der Waals surface area contributed by atoms with E-state index in [0.29, 0.717) is 6.07 Å². The van der Waals surface area contributed by atoms with Crippen LogP contribution in [0.1, 0.15) is 20.9 Å². The zero-order chi connectivity index (χ0) is 14.7. The number of halogens is 3. The van der Waals surface area contributed by atoms with Crippen molar-refractivity contribution in [2.24, 2.45) is 0 Å². The Hall–Kier alpha value is -2.57. The first-order valence-electron chi connectivity index (χ1n) is 5.49. The summed E-state index contributed by atoms with van der Waals surface area (Å²) in [5.41, 5.74) is -0.684. The summed E-state index contributed by atoms with van der Waals surface area (Å²) in [4.78, 5) is 23.1. The highest BCUT2D eigenvalue weighted by Gasteiger charge is 2.19. The lowest BCUT2D eigenvalue weighted by atomic mass is 10.2. The number of furan rings is 1. The van der Waals surface area contributed by atoms with E-state index < -0.39 is 41.3 Å². The fourth-order valence-corrected chi connectivity index (χ4v) is 1.48. The molecule has 1 aromatic heterocycles. The molecule has 1 N–H and O–H groups in total. The summed E-state index contributed by atoms with van der Waals surface area (Å²) in [6.07, 6.45) is 1.28. The van der Waals surface area contributed by atoms with Gasteiger partial charge in [-0.1, -0.05) is 0 Å². The van der Waals surface area contributed by atoms with E-state index >= 15 is 0 Å². The molecule has 7 heteroatoms. The number of amides is 1. The van der Waals surface area contributed by atoms with Gasteiger partial charge in [0, 0.05) is 0 Å². The zero-order valence-corrected chi connectivity index (χ0v) is 9.95. The summed E-state index contributed by atoms with van der Waals surface area (Å²) in [7, 11) is 0. The molecule has 0 saturated carbocycles. The first-order valence-corrected chi connectivity index (χ1v) is 5.49. The van der Waals surface area contributed by atoms with Crippen LogP contribution in [0.4, 0.5) is 13.2 Å². The standard InChI is InChI=1S/C13H8F3NO3/c14-8-4-3-7(11(15)12(8)16)13(19)17-6-9(18)10-2-1-5-20-10/h1-5H,6H2,(H,17,19). The molecular weight excluding hydrogens is 275 g/mol. The van der Waals surface area contributed by atoms with Crippen molar-refractivity contribution in [2.75, 3.05) is 6.54 Å². The van der Waals surface area contributed by atoms with Gasteiger partial charge in [-0.3, -0.25) is 9.59 Å². The van der Waals surface area contributed by atoms with Gasteiger partial charge < -0.3 is 9.73 Å². The van der Waals surface area contributed by atoms with Crippen molar-refractivity contribution in [3.05, 3.63) is 59.3 Å². The minimum Gasteiger partial charge on any atom is -0.461 e. The maximum atomic E-state index is 13.3. The van der Waals surface area contributed by atoms with Crippen LogP contribution in [-0.2, 0) is 0 Å². The maximum Gasteiger partial charge on any atom is 0.254 e. The number of ketones is 1. The summed E-state index contributed by atoms with van der Waals surface area (Å²) in [5, 5.41) is 2.10. The van der Waals surface area contributed by atoms with Crippen molar-refractivity contribution in [3.8, 4) is 0 Å². The summed E-state index contributed by atoms with van der Waals surface area (Å²) < 4.78 is 43.8. The number of carbonyl (C=O) groups is 2. The van der Waals surface area contributed by atoms with Crippen LogP contribution in [0.15, 0.2) is 34.9 Å². The summed E-state index contributed by atoms with van der Waals surface area (Å²) in [6, 6.07) is 4.30. The number of hydrogen-bond acceptors (Lipinski definition) is 3. The molecule has 0 spiro atoms. The number of hydrogen-bond donors (Lipinski definition) is 1. The monoisotopic (exact) mass is 283 g/mol. The van der Waals surface area contributed by atoms with E-state index in [1.807, 2.05) is 0 Å². The first kappa shape index (κ1) is 13.9. The van der Waals surface area contributed by atoms with Crippen LogP contribution in [0.5, 0.6) is 0 Å². The van der Waals surface area contributed by atoms with Gasteiger partial charge in [-0.05, 0) is 24.3 Å². The first-order chi connectivity index (χ1) is 9.50. The molecule has 0 fully saturated rings. The molecule has 0 aliphatic heterocycles. The van der Waals surface area contributed by atoms with Gasteiger partial charge in [0.2, 0.25) is 5.78 Å². The third-order valence-electron chi connectivity index (χ3n) is 2.49. The number of carbonyl (C=O) groups excluding carboxylic acids is 2. The minimum absolute atomic E-state index is 0.0241. The molecular formula is C13H8F3NO3. The van der Waals surface area contributed by atoms with Crippen LogP contribution in [0.2, 0.25) is 0 Å². The highest BCUT2D eigenvalue weighted by molar-refractivity contribution is 6.00. The fourth-order valence-electron chi connectivity index (χ4n) is 1.48. The number of nitrogens with one attached hydrogen (secondary N) is 1. The SMILES string of the molecule is O=C(CNC(=O)c1ccc(F)c(F)c1F)c1ccco1. The maximum absolute atomic E-state index is 13.3. The van der Waals surface area contributed by atoms with Gasteiger partial charge in [-0.25, -0.2) is 13.2 Å². The van der Waals surface area contributed by atoms with Crippen molar-refractivity contribution in [1.82, 2.24) is 5.32 Å². The lowest BCUT2D eigenvalue weighted by Gasteiger charge is -2.05. The number of rotatable bonds is 4. The summed E-state index contributed by atoms with van der Waals surface area (Å²) >= 11 is 0. The summed E-state index contributed by atoms with van der Waals surface area (Å²) in [5.74, 6) is -6.28. The molecule has 0 aliphatic carbocycles. The second kappa shape index (κ2) is 5.60. The van der Waals surface area contributed by atoms with E-state index in [4.69, 9.17) is 4.42 Å². The Morgan fingerprint density at radius 2 is 1.85 bits per heavy atom. The van der Waals surface area contributed by atoms with Gasteiger partial charge in [0.05, 0.1) is 18.4 Å². The van der Waals surface area contributed by atoms with Crippen molar-refractivity contribution >= 4 is 11.7 Å². The van der Waals surface area contributed by atoms with Crippen LogP contribution in [0, 0.1) is 17.5 Å². The van der Waals surface area contributed by atoms with Crippen LogP contribution < -0.4 is 5.32 Å². The van der Waals surface area contributed by atoms with Gasteiger partial charge >= 0.3 is 0 Å². The van der Waals surface area contributed by atoms with Crippen molar-refractivity contribution in [1.29, 1.82) is 0 Å². The minimum atomic E-state index is -1.74. The quantitative estimate of drug-likeness (QED) is 0.692. The molecule has 1 heterocycles. The zero-order valence-electron chi connectivity index (χ0n) is 9.95. The second-order valence-electron chi connectivity index (χ2n) is 3.81. The van der Waals surface area contributed by atoms with Crippen LogP contribution in [0.25, 0.3) is 0 Å². The van der Waals surface area contributed by atoms with Gasteiger partial charge in [-0.2, -0.15) is 0 Å². The molecule has 0 bridgehead atoms. The third kappa shape index (κ3) is 2.71. The van der Waals surface area contributed by atoms with Gasteiger partial charge in [0.25, 0.3) is 5.91 Å². The van der Waals surface area contributed by atoms with Gasteiger partial charge in [0.15, 0.2) is 23.2 Å². The number of benzene rings is 1. The summed E-state index contributed by atoms with van der Waals surface area (Å²) in [6.45, 7) is -0.454. The average molecular weight is 283 g/mol.